The van der Waals surface area contributed by atoms with Crippen molar-refractivity contribution in [1.29, 1.82) is 0 Å². The number of rotatable bonds is 7. The molecule has 10 nitrogen and oxygen atoms in total. The van der Waals surface area contributed by atoms with E-state index < -0.39 is 24.0 Å². The summed E-state index contributed by atoms with van der Waals surface area (Å²) >= 11 is 3.09. The van der Waals surface area contributed by atoms with E-state index in [1.54, 1.807) is 31.2 Å². The largest absolute Gasteiger partial charge is 1.00 e. The number of thioether (sulfide) groups is 1. The zero-order chi connectivity index (χ0) is 28.5. The van der Waals surface area contributed by atoms with Crippen molar-refractivity contribution in [2.45, 2.75) is 44.0 Å². The van der Waals surface area contributed by atoms with E-state index in [1.807, 2.05) is 46.8 Å². The maximum Gasteiger partial charge on any atom is 0.334 e. The predicted octanol–water partition coefficient (Wildman–Crippen LogP) is -2.09. The summed E-state index contributed by atoms with van der Waals surface area (Å²) in [6.45, 7) is 5.59. The van der Waals surface area contributed by atoms with Gasteiger partial charge in [-0.15, -0.1) is 0 Å². The van der Waals surface area contributed by atoms with Gasteiger partial charge in [-0.2, -0.15) is 4.40 Å². The van der Waals surface area contributed by atoms with Crippen molar-refractivity contribution in [3.63, 3.8) is 0 Å². The van der Waals surface area contributed by atoms with Crippen LogP contribution in [0.2, 0.25) is 0 Å². The Hall–Kier alpha value is -3.26. The predicted molar refractivity (Wildman–Crippen MR) is 147 cm³/mol. The number of carboxylic acid groups (broad SMARTS) is 1. The third kappa shape index (κ3) is 4.55. The number of imidazole rings is 1. The number of aromatic nitrogens is 4. The molecule has 5 atom stereocenters. The molecule has 0 radical (unpaired) electrons. The van der Waals surface area contributed by atoms with E-state index in [9.17, 15) is 24.6 Å². The standard InChI is InChI=1S/C28H27N5O5S2.BrH/c1-14-21(24(28(37)38)33-23(14)22(16(3)34)25(33)36)19-11-31-13-32(27(39-4)26(31)40-19)15(2)17-6-5-7-18(10-17)30-9-8-20(35)29-12-30;/h5-16,22-23,34H,1-4H3;1H/t14-,15?,16+,22+,23+;/m0./s1. The Bertz CT molecular complexity index is 1760. The minimum Gasteiger partial charge on any atom is -1.00 e. The highest BCUT2D eigenvalue weighted by atomic mass is 79.9. The van der Waals surface area contributed by atoms with Gasteiger partial charge in [0.25, 0.3) is 6.33 Å². The molecule has 0 bridgehead atoms. The van der Waals surface area contributed by atoms with Crippen LogP contribution in [-0.2, 0) is 9.59 Å². The molecule has 2 aliphatic rings. The van der Waals surface area contributed by atoms with Crippen molar-refractivity contribution in [1.82, 2.24) is 14.3 Å². The van der Waals surface area contributed by atoms with Gasteiger partial charge in [0, 0.05) is 17.1 Å². The number of benzene rings is 1. The first-order chi connectivity index (χ1) is 19.1. The summed E-state index contributed by atoms with van der Waals surface area (Å²) in [5.74, 6) is -2.63. The van der Waals surface area contributed by atoms with Crippen molar-refractivity contribution in [3.8, 4) is 5.69 Å². The van der Waals surface area contributed by atoms with Gasteiger partial charge in [0.15, 0.2) is 0 Å². The van der Waals surface area contributed by atoms with Crippen LogP contribution in [0.25, 0.3) is 16.1 Å². The maximum absolute atomic E-state index is 12.7. The number of hydrogen-bond acceptors (Lipinski definition) is 7. The van der Waals surface area contributed by atoms with Gasteiger partial charge in [-0.3, -0.25) is 4.79 Å². The Kier molecular flexibility index (Phi) is 7.74. The van der Waals surface area contributed by atoms with Gasteiger partial charge in [0.2, 0.25) is 22.1 Å². The van der Waals surface area contributed by atoms with Crippen LogP contribution in [0.4, 0.5) is 0 Å². The average molecular weight is 659 g/mol. The number of β-lactam (4-membered cyclic amide) rings is 1. The summed E-state index contributed by atoms with van der Waals surface area (Å²) < 4.78 is 6.03. The second kappa shape index (κ2) is 10.9. The van der Waals surface area contributed by atoms with Gasteiger partial charge in [0.1, 0.15) is 24.1 Å². The smallest absolute Gasteiger partial charge is 0.334 e. The molecule has 1 aromatic carbocycles. The van der Waals surface area contributed by atoms with Crippen molar-refractivity contribution in [2.24, 2.45) is 11.8 Å². The van der Waals surface area contributed by atoms with Gasteiger partial charge >= 0.3 is 5.56 Å². The van der Waals surface area contributed by atoms with E-state index in [2.05, 4.69) is 28.6 Å². The number of thiazole rings is 1. The molecule has 4 aromatic rings. The number of aliphatic hydroxyl groups excluding tert-OH is 1. The summed E-state index contributed by atoms with van der Waals surface area (Å²) in [5, 5.41) is 23.4. The quantitative estimate of drug-likeness (QED) is 0.133. The fraction of sp³-hybridized carbons (Fsp3) is 0.321. The van der Waals surface area contributed by atoms with Crippen molar-refractivity contribution in [3.05, 3.63) is 81.9 Å². The molecule has 1 fully saturated rings. The highest BCUT2D eigenvalue weighted by Crippen LogP contribution is 2.51. The number of aliphatic hydroxyl groups is 1. The van der Waals surface area contributed by atoms with Crippen LogP contribution in [0, 0.1) is 11.8 Å². The Labute approximate surface area is 254 Å². The van der Waals surface area contributed by atoms with Crippen LogP contribution >= 0.6 is 23.1 Å². The molecule has 1 amide bonds. The van der Waals surface area contributed by atoms with Crippen LogP contribution in [0.1, 0.15) is 37.3 Å². The number of hydrogen-bond donors (Lipinski definition) is 2. The second-order valence-electron chi connectivity index (χ2n) is 10.3. The van der Waals surface area contributed by atoms with Gasteiger partial charge in [-0.1, -0.05) is 42.2 Å². The van der Waals surface area contributed by atoms with E-state index in [1.165, 1.54) is 22.3 Å². The average Bonchev–Trinajstić information content (AvgIpc) is 3.55. The fourth-order valence-corrected chi connectivity index (χ4v) is 8.26. The number of fused-ring (bicyclic) bond motifs is 2. The summed E-state index contributed by atoms with van der Waals surface area (Å²) in [7, 11) is 0. The first-order valence-corrected chi connectivity index (χ1v) is 14.9. The highest BCUT2D eigenvalue weighted by molar-refractivity contribution is 7.98. The molecule has 2 aliphatic heterocycles. The molecule has 5 heterocycles. The summed E-state index contributed by atoms with van der Waals surface area (Å²) in [6.07, 6.45) is 8.41. The number of nitrogens with zero attached hydrogens (tertiary/aromatic N) is 4. The normalized spacial score (nSPS) is 21.4. The van der Waals surface area contributed by atoms with Gasteiger partial charge in [-0.05, 0) is 32.2 Å². The summed E-state index contributed by atoms with van der Waals surface area (Å²) in [6, 6.07) is 9.16. The number of aliphatic carboxylic acids is 1. The number of nitrogens with one attached hydrogen (secondary N) is 1. The minimum absolute atomic E-state index is 0. The zero-order valence-corrected chi connectivity index (χ0v) is 25.9. The number of aromatic amines is 1. The molecular formula is C28H28BrN5O5S2. The molecule has 3 aromatic heterocycles. The Morgan fingerprint density at radius 2 is 2.00 bits per heavy atom. The van der Waals surface area contributed by atoms with Crippen LogP contribution in [0.3, 0.4) is 0 Å². The van der Waals surface area contributed by atoms with Crippen molar-refractivity contribution >= 4 is 45.4 Å². The number of halogens is 1. The SMILES string of the molecule is CSc1c2sc(C3=C(C(=O)[O-])N4C(=O)[C@H]([C@@H](C)O)[C@H]4[C@H]3C)cn2c[n+]1C(C)c1cccc(-[n+]2ccc(=O)[nH]c2)c1.[Br-]. The van der Waals surface area contributed by atoms with Crippen LogP contribution < -0.4 is 36.8 Å². The third-order valence-electron chi connectivity index (χ3n) is 7.99. The molecule has 0 spiro atoms. The second-order valence-corrected chi connectivity index (χ2v) is 12.1. The lowest BCUT2D eigenvalue weighted by Gasteiger charge is -2.47. The molecule has 1 saturated heterocycles. The molecule has 0 aliphatic carbocycles. The zero-order valence-electron chi connectivity index (χ0n) is 22.6. The minimum atomic E-state index is -1.38. The molecule has 6 rings (SSSR count). The topological polar surface area (TPSA) is 126 Å². The Morgan fingerprint density at radius 3 is 2.63 bits per heavy atom. The van der Waals surface area contributed by atoms with Gasteiger partial charge in [-0.25, -0.2) is 18.9 Å². The molecular weight excluding hydrogens is 630 g/mol. The fourth-order valence-electron chi connectivity index (χ4n) is 6.02. The summed E-state index contributed by atoms with van der Waals surface area (Å²) in [4.78, 5) is 42.1. The number of H-pyrrole nitrogens is 1. The first-order valence-electron chi connectivity index (χ1n) is 12.9. The van der Waals surface area contributed by atoms with Crippen LogP contribution in [-0.4, -0.2) is 49.7 Å². The third-order valence-corrected chi connectivity index (χ3v) is 10.1. The molecule has 1 unspecified atom stereocenters. The maximum atomic E-state index is 12.7. The summed E-state index contributed by atoms with van der Waals surface area (Å²) in [5.41, 5.74) is 2.32. The molecule has 214 valence electrons. The highest BCUT2D eigenvalue weighted by Gasteiger charge is 2.59. The molecule has 2 N–H and O–H groups in total. The van der Waals surface area contributed by atoms with E-state index in [0.29, 0.717) is 5.57 Å². The lowest BCUT2D eigenvalue weighted by molar-refractivity contribution is -0.742. The van der Waals surface area contributed by atoms with Crippen LogP contribution in [0.15, 0.2) is 70.9 Å². The number of carbonyl (C=O) groups is 2. The molecule has 13 heteroatoms. The van der Waals surface area contributed by atoms with Gasteiger partial charge in [0.05, 0.1) is 40.7 Å². The monoisotopic (exact) mass is 657 g/mol. The number of carbonyl (C=O) groups excluding carboxylic acids is 2. The van der Waals surface area contributed by atoms with E-state index in [0.717, 1.165) is 26.0 Å². The van der Waals surface area contributed by atoms with Crippen molar-refractivity contribution < 1.29 is 45.9 Å². The lowest BCUT2D eigenvalue weighted by Crippen LogP contribution is -3.00. The van der Waals surface area contributed by atoms with Crippen molar-refractivity contribution in [2.75, 3.05) is 6.26 Å². The lowest BCUT2D eigenvalue weighted by atomic mass is 9.77. The Balaban J connectivity index is 0.00000337. The number of carboxylic acids is 1. The Morgan fingerprint density at radius 1 is 1.24 bits per heavy atom. The molecule has 41 heavy (non-hydrogen) atoms. The van der Waals surface area contributed by atoms with Crippen LogP contribution in [0.5, 0.6) is 0 Å². The first kappa shape index (κ1) is 29.2. The van der Waals surface area contributed by atoms with E-state index in [-0.39, 0.29) is 46.1 Å². The van der Waals surface area contributed by atoms with E-state index in [4.69, 9.17) is 0 Å². The van der Waals surface area contributed by atoms with Gasteiger partial charge < -0.3 is 36.9 Å². The molecule has 0 saturated carbocycles. The number of amides is 1. The van der Waals surface area contributed by atoms with E-state index >= 15 is 0 Å².